The first-order chi connectivity index (χ1) is 9.47. The molecule has 1 fully saturated rings. The maximum atomic E-state index is 13.2. The van der Waals surface area contributed by atoms with Crippen LogP contribution in [0.4, 0.5) is 4.39 Å². The third-order valence-electron chi connectivity index (χ3n) is 3.03. The molecule has 0 radical (unpaired) electrons. The summed E-state index contributed by atoms with van der Waals surface area (Å²) in [5, 5.41) is 0. The van der Waals surface area contributed by atoms with Gasteiger partial charge in [-0.05, 0) is 19.3 Å². The second-order valence-corrected chi connectivity index (χ2v) is 4.59. The Morgan fingerprint density at radius 1 is 1.55 bits per heavy atom. The van der Waals surface area contributed by atoms with Gasteiger partial charge in [-0.15, -0.1) is 0 Å². The molecule has 1 N–H and O–H groups in total. The molecule has 1 aromatic heterocycles. The molecule has 1 aliphatic rings. The number of esters is 1. The van der Waals surface area contributed by atoms with Crippen LogP contribution in [0.2, 0.25) is 0 Å². The van der Waals surface area contributed by atoms with Crippen molar-refractivity contribution in [3.05, 3.63) is 32.9 Å². The van der Waals surface area contributed by atoms with Crippen LogP contribution in [0.15, 0.2) is 15.8 Å². The Kier molecular flexibility index (Phi) is 4.33. The van der Waals surface area contributed by atoms with E-state index in [1.807, 2.05) is 4.98 Å². The number of H-pyrrole nitrogens is 1. The predicted molar refractivity (Wildman–Crippen MR) is 65.7 cm³/mol. The number of nitrogens with zero attached hydrogens (tertiary/aromatic N) is 1. The molecule has 8 heteroatoms. The van der Waals surface area contributed by atoms with Gasteiger partial charge < -0.3 is 9.47 Å². The van der Waals surface area contributed by atoms with Crippen molar-refractivity contribution >= 4 is 5.97 Å². The van der Waals surface area contributed by atoms with Gasteiger partial charge in [0.1, 0.15) is 12.8 Å². The van der Waals surface area contributed by atoms with Crippen molar-refractivity contribution in [2.45, 2.75) is 38.5 Å². The van der Waals surface area contributed by atoms with Crippen molar-refractivity contribution in [1.29, 1.82) is 0 Å². The Labute approximate surface area is 113 Å². The number of aromatic amines is 1. The highest BCUT2D eigenvalue weighted by atomic mass is 19.1. The van der Waals surface area contributed by atoms with Crippen LogP contribution in [-0.4, -0.2) is 28.2 Å². The number of rotatable bonds is 3. The van der Waals surface area contributed by atoms with Crippen molar-refractivity contribution in [2.24, 2.45) is 0 Å². The number of nitrogens with one attached hydrogen (secondary N) is 1. The van der Waals surface area contributed by atoms with E-state index in [0.29, 0.717) is 12.8 Å². The number of carbonyl (C=O) groups is 1. The maximum absolute atomic E-state index is 13.2. The molecule has 0 amide bonds. The molecule has 0 aliphatic carbocycles. The van der Waals surface area contributed by atoms with Gasteiger partial charge in [0.05, 0.1) is 12.3 Å². The lowest BCUT2D eigenvalue weighted by Crippen LogP contribution is -2.38. The zero-order valence-electron chi connectivity index (χ0n) is 10.9. The minimum absolute atomic E-state index is 0.0897. The fourth-order valence-electron chi connectivity index (χ4n) is 2.09. The van der Waals surface area contributed by atoms with Gasteiger partial charge in [0.15, 0.2) is 0 Å². The minimum atomic E-state index is -1.06. The summed E-state index contributed by atoms with van der Waals surface area (Å²) >= 11 is 0. The van der Waals surface area contributed by atoms with E-state index in [1.165, 1.54) is 6.92 Å². The van der Waals surface area contributed by atoms with E-state index in [4.69, 9.17) is 9.47 Å². The molecule has 2 unspecified atom stereocenters. The summed E-state index contributed by atoms with van der Waals surface area (Å²) in [7, 11) is 0. The molecular weight excluding hydrogens is 271 g/mol. The molecule has 110 valence electrons. The number of ether oxygens (including phenoxy) is 2. The molecule has 1 aliphatic heterocycles. The smallest absolute Gasteiger partial charge is 0.330 e. The van der Waals surface area contributed by atoms with Crippen molar-refractivity contribution in [2.75, 3.05) is 6.61 Å². The highest BCUT2D eigenvalue weighted by Crippen LogP contribution is 2.25. The van der Waals surface area contributed by atoms with Gasteiger partial charge in [-0.3, -0.25) is 19.1 Å². The fraction of sp³-hybridized carbons (Fsp3) is 0.583. The summed E-state index contributed by atoms with van der Waals surface area (Å²) in [5.74, 6) is -1.46. The molecule has 0 spiro atoms. The Balaban J connectivity index is 2.13. The monoisotopic (exact) mass is 286 g/mol. The molecule has 2 rings (SSSR count). The second kappa shape index (κ2) is 6.00. The first-order valence-electron chi connectivity index (χ1n) is 6.27. The van der Waals surface area contributed by atoms with Gasteiger partial charge in [0, 0.05) is 6.92 Å². The quantitative estimate of drug-likeness (QED) is 0.807. The van der Waals surface area contributed by atoms with Crippen molar-refractivity contribution in [3.8, 4) is 0 Å². The molecule has 0 aromatic carbocycles. The molecule has 0 bridgehead atoms. The van der Waals surface area contributed by atoms with E-state index in [9.17, 15) is 18.8 Å². The van der Waals surface area contributed by atoms with Crippen LogP contribution in [0.5, 0.6) is 0 Å². The molecule has 2 heterocycles. The molecule has 0 saturated carbocycles. The average molecular weight is 286 g/mol. The first kappa shape index (κ1) is 14.4. The van der Waals surface area contributed by atoms with E-state index in [1.54, 1.807) is 0 Å². The van der Waals surface area contributed by atoms with E-state index in [-0.39, 0.29) is 12.7 Å². The third kappa shape index (κ3) is 3.32. The number of aromatic nitrogens is 2. The van der Waals surface area contributed by atoms with Crippen molar-refractivity contribution in [3.63, 3.8) is 0 Å². The van der Waals surface area contributed by atoms with Gasteiger partial charge in [-0.1, -0.05) is 0 Å². The van der Waals surface area contributed by atoms with Gasteiger partial charge >= 0.3 is 11.7 Å². The van der Waals surface area contributed by atoms with Gasteiger partial charge in [0.25, 0.3) is 5.56 Å². The molecular formula is C12H15FN2O5. The van der Waals surface area contributed by atoms with Crippen LogP contribution in [-0.2, 0) is 14.3 Å². The Morgan fingerprint density at radius 3 is 3.00 bits per heavy atom. The standard InChI is InChI=1S/C12H15FN2O5/c1-7(16)19-6-8-3-2-4-10(20-8)15-5-9(13)11(17)14-12(15)18/h5,8,10H,2-4,6H2,1H3,(H,14,17,18). The van der Waals surface area contributed by atoms with Crippen molar-refractivity contribution < 1.29 is 18.7 Å². The first-order valence-corrected chi connectivity index (χ1v) is 6.27. The topological polar surface area (TPSA) is 90.4 Å². The third-order valence-corrected chi connectivity index (χ3v) is 3.03. The highest BCUT2D eigenvalue weighted by molar-refractivity contribution is 5.65. The summed E-state index contributed by atoms with van der Waals surface area (Å²) in [6, 6.07) is 0. The Bertz CT molecular complexity index is 609. The summed E-state index contributed by atoms with van der Waals surface area (Å²) in [6.45, 7) is 1.38. The van der Waals surface area contributed by atoms with Crippen LogP contribution in [0, 0.1) is 5.82 Å². The summed E-state index contributed by atoms with van der Waals surface area (Å²) < 4.78 is 24.7. The predicted octanol–water partition coefficient (Wildman–Crippen LogP) is 0.307. The molecule has 20 heavy (non-hydrogen) atoms. The Morgan fingerprint density at radius 2 is 2.30 bits per heavy atom. The van der Waals surface area contributed by atoms with Crippen LogP contribution in [0.3, 0.4) is 0 Å². The Hall–Kier alpha value is -1.96. The lowest BCUT2D eigenvalue weighted by atomic mass is 10.1. The van der Waals surface area contributed by atoms with E-state index in [2.05, 4.69) is 0 Å². The number of hydrogen-bond donors (Lipinski definition) is 1. The van der Waals surface area contributed by atoms with Crippen LogP contribution in [0.25, 0.3) is 0 Å². The SMILES string of the molecule is CC(=O)OCC1CCCC(n2cc(F)c(=O)[nH]c2=O)O1. The average Bonchev–Trinajstić information content (AvgIpc) is 2.41. The van der Waals surface area contributed by atoms with Gasteiger partial charge in [-0.25, -0.2) is 4.79 Å². The van der Waals surface area contributed by atoms with Crippen molar-refractivity contribution in [1.82, 2.24) is 9.55 Å². The number of hydrogen-bond acceptors (Lipinski definition) is 5. The number of halogens is 1. The maximum Gasteiger partial charge on any atom is 0.330 e. The summed E-state index contributed by atoms with van der Waals surface area (Å²) in [4.78, 5) is 35.2. The largest absolute Gasteiger partial charge is 0.463 e. The van der Waals surface area contributed by atoms with E-state index in [0.717, 1.165) is 17.2 Å². The number of carbonyl (C=O) groups excluding carboxylic acids is 1. The van der Waals surface area contributed by atoms with Gasteiger partial charge in [0.2, 0.25) is 5.82 Å². The van der Waals surface area contributed by atoms with Crippen LogP contribution < -0.4 is 11.2 Å². The molecule has 1 aromatic rings. The molecule has 7 nitrogen and oxygen atoms in total. The summed E-state index contributed by atoms with van der Waals surface area (Å²) in [6.07, 6.45) is 1.75. The fourth-order valence-corrected chi connectivity index (χ4v) is 2.09. The molecule has 2 atom stereocenters. The van der Waals surface area contributed by atoms with Gasteiger partial charge in [-0.2, -0.15) is 4.39 Å². The van der Waals surface area contributed by atoms with Crippen LogP contribution >= 0.6 is 0 Å². The lowest BCUT2D eigenvalue weighted by molar-refractivity contribution is -0.154. The lowest BCUT2D eigenvalue weighted by Gasteiger charge is -2.30. The van der Waals surface area contributed by atoms with E-state index < -0.39 is 29.3 Å². The van der Waals surface area contributed by atoms with E-state index >= 15 is 0 Å². The van der Waals surface area contributed by atoms with Crippen LogP contribution in [0.1, 0.15) is 32.4 Å². The molecule has 1 saturated heterocycles. The zero-order chi connectivity index (χ0) is 14.7. The zero-order valence-corrected chi connectivity index (χ0v) is 10.9. The summed E-state index contributed by atoms with van der Waals surface area (Å²) in [5.41, 5.74) is -1.78. The highest BCUT2D eigenvalue weighted by Gasteiger charge is 2.25. The normalized spacial score (nSPS) is 22.5. The second-order valence-electron chi connectivity index (χ2n) is 4.59. The minimum Gasteiger partial charge on any atom is -0.463 e.